The quantitative estimate of drug-likeness (QED) is 0.715. The fourth-order valence-corrected chi connectivity index (χ4v) is 2.59. The molecule has 0 unspecified atom stereocenters. The Morgan fingerprint density at radius 3 is 2.63 bits per heavy atom. The average molecular weight is 268 g/mol. The maximum absolute atomic E-state index is 4.67. The molecule has 1 heterocycles. The van der Waals surface area contributed by atoms with E-state index >= 15 is 0 Å². The molecule has 0 bridgehead atoms. The summed E-state index contributed by atoms with van der Waals surface area (Å²) < 4.78 is 2.25. The fourth-order valence-electron chi connectivity index (χ4n) is 2.35. The molecule has 3 rings (SSSR count). The Labute approximate surface area is 118 Å². The monoisotopic (exact) mass is 268 g/mol. The van der Waals surface area contributed by atoms with Crippen LogP contribution in [0, 0.1) is 6.92 Å². The summed E-state index contributed by atoms with van der Waals surface area (Å²) >= 11 is 4.40. The number of hydrogen-bond acceptors (Lipinski definition) is 2. The van der Waals surface area contributed by atoms with Crippen LogP contribution in [-0.2, 0) is 12.3 Å². The Balaban J connectivity index is 2.11. The van der Waals surface area contributed by atoms with Gasteiger partial charge >= 0.3 is 0 Å². The molecule has 0 N–H and O–H groups in total. The van der Waals surface area contributed by atoms with Crippen LogP contribution in [0.1, 0.15) is 17.0 Å². The van der Waals surface area contributed by atoms with Crippen molar-refractivity contribution < 1.29 is 0 Å². The van der Waals surface area contributed by atoms with E-state index in [0.29, 0.717) is 5.75 Å². The lowest BCUT2D eigenvalue weighted by molar-refractivity contribution is 0.781. The van der Waals surface area contributed by atoms with Crippen molar-refractivity contribution in [3.63, 3.8) is 0 Å². The van der Waals surface area contributed by atoms with Crippen molar-refractivity contribution in [2.75, 3.05) is 0 Å². The van der Waals surface area contributed by atoms with Gasteiger partial charge in [-0.1, -0.05) is 36.4 Å². The second-order valence-electron chi connectivity index (χ2n) is 4.75. The van der Waals surface area contributed by atoms with Crippen LogP contribution in [0.5, 0.6) is 0 Å². The Kier molecular flexibility index (Phi) is 3.30. The summed E-state index contributed by atoms with van der Waals surface area (Å²) in [6.45, 7) is 2.94. The van der Waals surface area contributed by atoms with Crippen LogP contribution in [0.3, 0.4) is 0 Å². The van der Waals surface area contributed by atoms with E-state index in [4.69, 9.17) is 0 Å². The van der Waals surface area contributed by atoms with Gasteiger partial charge < -0.3 is 4.57 Å². The highest BCUT2D eigenvalue weighted by atomic mass is 32.1. The minimum absolute atomic E-state index is 0.653. The molecule has 0 atom stereocenters. The number of aryl methyl sites for hydroxylation is 1. The van der Waals surface area contributed by atoms with E-state index in [1.54, 1.807) is 0 Å². The molecule has 0 radical (unpaired) electrons. The number of benzene rings is 2. The van der Waals surface area contributed by atoms with Gasteiger partial charge in [-0.15, -0.1) is 0 Å². The van der Waals surface area contributed by atoms with Crippen molar-refractivity contribution >= 4 is 23.7 Å². The van der Waals surface area contributed by atoms with Crippen molar-refractivity contribution in [2.24, 2.45) is 0 Å². The number of thiol groups is 1. The number of imidazole rings is 1. The Bertz CT molecular complexity index is 701. The van der Waals surface area contributed by atoms with Crippen molar-refractivity contribution in [1.82, 2.24) is 9.55 Å². The Morgan fingerprint density at radius 2 is 1.89 bits per heavy atom. The predicted octanol–water partition coefficient (Wildman–Crippen LogP) is 3.82. The summed E-state index contributed by atoms with van der Waals surface area (Å²) in [6, 6.07) is 16.9. The fraction of sp³-hybridized carbons (Fsp3) is 0.188. The molecule has 0 amide bonds. The van der Waals surface area contributed by atoms with E-state index in [9.17, 15) is 0 Å². The number of fused-ring (bicyclic) bond motifs is 1. The zero-order chi connectivity index (χ0) is 13.2. The second-order valence-corrected chi connectivity index (χ2v) is 5.07. The van der Waals surface area contributed by atoms with E-state index in [1.165, 1.54) is 16.6 Å². The van der Waals surface area contributed by atoms with Crippen LogP contribution in [0.4, 0.5) is 0 Å². The maximum atomic E-state index is 4.67. The number of aromatic nitrogens is 2. The SMILES string of the molecule is Cc1ccc2c(c1)nc(CS)n2Cc1ccccc1. The number of nitrogens with zero attached hydrogens (tertiary/aromatic N) is 2. The van der Waals surface area contributed by atoms with E-state index in [0.717, 1.165) is 17.9 Å². The molecule has 0 fully saturated rings. The van der Waals surface area contributed by atoms with Crippen LogP contribution in [0.15, 0.2) is 48.5 Å². The van der Waals surface area contributed by atoms with E-state index in [1.807, 2.05) is 6.07 Å². The summed E-state index contributed by atoms with van der Waals surface area (Å²) in [7, 11) is 0. The Morgan fingerprint density at radius 1 is 1.11 bits per heavy atom. The molecule has 2 nitrogen and oxygen atoms in total. The van der Waals surface area contributed by atoms with Crippen LogP contribution in [-0.4, -0.2) is 9.55 Å². The first-order valence-electron chi connectivity index (χ1n) is 6.38. The van der Waals surface area contributed by atoms with Gasteiger partial charge in [0.2, 0.25) is 0 Å². The lowest BCUT2D eigenvalue weighted by Crippen LogP contribution is -2.03. The van der Waals surface area contributed by atoms with Gasteiger partial charge in [0.25, 0.3) is 0 Å². The molecule has 0 saturated carbocycles. The summed E-state index contributed by atoms with van der Waals surface area (Å²) in [5, 5.41) is 0. The van der Waals surface area contributed by atoms with Gasteiger partial charge in [-0.3, -0.25) is 0 Å². The number of rotatable bonds is 3. The van der Waals surface area contributed by atoms with Crippen LogP contribution >= 0.6 is 12.6 Å². The lowest BCUT2D eigenvalue weighted by Gasteiger charge is -2.08. The normalized spacial score (nSPS) is 11.1. The van der Waals surface area contributed by atoms with Gasteiger partial charge in [0.05, 0.1) is 11.0 Å². The van der Waals surface area contributed by atoms with Gasteiger partial charge in [0, 0.05) is 12.3 Å². The highest BCUT2D eigenvalue weighted by molar-refractivity contribution is 7.79. The van der Waals surface area contributed by atoms with Gasteiger partial charge in [-0.2, -0.15) is 12.6 Å². The third-order valence-electron chi connectivity index (χ3n) is 3.31. The highest BCUT2D eigenvalue weighted by Crippen LogP contribution is 2.20. The van der Waals surface area contributed by atoms with Crippen LogP contribution in [0.25, 0.3) is 11.0 Å². The van der Waals surface area contributed by atoms with Gasteiger partial charge in [0.1, 0.15) is 5.82 Å². The standard InChI is InChI=1S/C16H16N2S/c1-12-7-8-15-14(9-12)17-16(11-19)18(15)10-13-5-3-2-4-6-13/h2-9,19H,10-11H2,1H3. The zero-order valence-corrected chi connectivity index (χ0v) is 11.8. The molecule has 2 aromatic carbocycles. The van der Waals surface area contributed by atoms with Crippen LogP contribution < -0.4 is 0 Å². The molecule has 0 aliphatic heterocycles. The molecule has 1 aromatic heterocycles. The summed E-state index contributed by atoms with van der Waals surface area (Å²) in [4.78, 5) is 4.67. The van der Waals surface area contributed by atoms with E-state index in [-0.39, 0.29) is 0 Å². The molecule has 96 valence electrons. The first-order valence-corrected chi connectivity index (χ1v) is 7.02. The topological polar surface area (TPSA) is 17.8 Å². The van der Waals surface area contributed by atoms with Crippen molar-refractivity contribution in [2.45, 2.75) is 19.2 Å². The molecule has 0 aliphatic rings. The third-order valence-corrected chi connectivity index (χ3v) is 3.59. The minimum Gasteiger partial charge on any atom is -0.323 e. The molecule has 3 aromatic rings. The molecule has 19 heavy (non-hydrogen) atoms. The number of hydrogen-bond donors (Lipinski definition) is 1. The van der Waals surface area contributed by atoms with Crippen molar-refractivity contribution in [3.05, 3.63) is 65.5 Å². The molecular formula is C16H16N2S. The average Bonchev–Trinajstić information content (AvgIpc) is 2.77. The highest BCUT2D eigenvalue weighted by Gasteiger charge is 2.09. The van der Waals surface area contributed by atoms with Crippen molar-refractivity contribution in [1.29, 1.82) is 0 Å². The molecule has 0 saturated heterocycles. The Hall–Kier alpha value is -1.74. The summed E-state index contributed by atoms with van der Waals surface area (Å²) in [5.74, 6) is 1.67. The first kappa shape index (κ1) is 12.3. The second kappa shape index (κ2) is 5.10. The summed E-state index contributed by atoms with van der Waals surface area (Å²) in [5.41, 5.74) is 4.76. The van der Waals surface area contributed by atoms with E-state index < -0.39 is 0 Å². The molecule has 3 heteroatoms. The summed E-state index contributed by atoms with van der Waals surface area (Å²) in [6.07, 6.45) is 0. The zero-order valence-electron chi connectivity index (χ0n) is 10.9. The minimum atomic E-state index is 0.653. The molecule has 0 aliphatic carbocycles. The third kappa shape index (κ3) is 2.38. The molecule has 0 spiro atoms. The largest absolute Gasteiger partial charge is 0.323 e. The molecular weight excluding hydrogens is 252 g/mol. The lowest BCUT2D eigenvalue weighted by atomic mass is 10.2. The maximum Gasteiger partial charge on any atom is 0.119 e. The van der Waals surface area contributed by atoms with Gasteiger partial charge in [0.15, 0.2) is 0 Å². The smallest absolute Gasteiger partial charge is 0.119 e. The van der Waals surface area contributed by atoms with Gasteiger partial charge in [-0.25, -0.2) is 4.98 Å². The van der Waals surface area contributed by atoms with E-state index in [2.05, 4.69) is 71.6 Å². The van der Waals surface area contributed by atoms with Gasteiger partial charge in [-0.05, 0) is 30.2 Å². The first-order chi connectivity index (χ1) is 9.28. The van der Waals surface area contributed by atoms with Crippen molar-refractivity contribution in [3.8, 4) is 0 Å². The van der Waals surface area contributed by atoms with Crippen LogP contribution in [0.2, 0.25) is 0 Å². The predicted molar refractivity (Wildman–Crippen MR) is 82.7 cm³/mol.